The average Bonchev–Trinajstić information content (AvgIpc) is 2.23. The second-order valence-electron chi connectivity index (χ2n) is 2.83. The second kappa shape index (κ2) is 5.72. The van der Waals surface area contributed by atoms with Gasteiger partial charge in [-0.05, 0) is 22.6 Å². The molecule has 0 saturated carbocycles. The molecule has 3 nitrogen and oxygen atoms in total. The Balaban J connectivity index is 3.18. The lowest BCUT2D eigenvalue weighted by molar-refractivity contribution is -0.139. The Hall–Kier alpha value is -0.500. The van der Waals surface area contributed by atoms with Crippen molar-refractivity contribution in [3.05, 3.63) is 26.0 Å². The summed E-state index contributed by atoms with van der Waals surface area (Å²) in [6.07, 6.45) is -1.74. The topological polar surface area (TPSA) is 39.2 Å². The van der Waals surface area contributed by atoms with Crippen LogP contribution in [0.3, 0.4) is 0 Å². The average molecular weight is 362 g/mol. The van der Waals surface area contributed by atoms with E-state index in [1.165, 1.54) is 13.3 Å². The fourth-order valence-electron chi connectivity index (χ4n) is 1.09. The number of pyridine rings is 1. The molecule has 0 atom stereocenters. The van der Waals surface area contributed by atoms with E-state index in [0.29, 0.717) is 3.57 Å². The van der Waals surface area contributed by atoms with Crippen molar-refractivity contribution in [2.75, 3.05) is 7.11 Å². The van der Waals surface area contributed by atoms with Crippen molar-refractivity contribution in [1.29, 1.82) is 0 Å². The smallest absolute Gasteiger partial charge is 0.311 e. The van der Waals surface area contributed by atoms with Gasteiger partial charge in [-0.15, -0.1) is 0 Å². The molecule has 0 aliphatic carbocycles. The fourth-order valence-corrected chi connectivity index (χ4v) is 1.76. The first-order valence-electron chi connectivity index (χ1n) is 4.15. The van der Waals surface area contributed by atoms with Crippen LogP contribution in [-0.4, -0.2) is 18.1 Å². The Labute approximate surface area is 109 Å². The number of ether oxygens (including phenoxy) is 1. The van der Waals surface area contributed by atoms with Gasteiger partial charge in [-0.3, -0.25) is 9.78 Å². The molecule has 88 valence electrons. The summed E-state index contributed by atoms with van der Waals surface area (Å²) in [5.41, 5.74) is -0.453. The van der Waals surface area contributed by atoms with Crippen LogP contribution < -0.4 is 0 Å². The van der Waals surface area contributed by atoms with Gasteiger partial charge in [0.1, 0.15) is 0 Å². The third-order valence-electron chi connectivity index (χ3n) is 1.85. The highest BCUT2D eigenvalue weighted by molar-refractivity contribution is 14.1. The Morgan fingerprint density at radius 3 is 2.81 bits per heavy atom. The zero-order chi connectivity index (χ0) is 12.3. The second-order valence-corrected chi connectivity index (χ2v) is 4.37. The van der Waals surface area contributed by atoms with Crippen LogP contribution in [0.5, 0.6) is 0 Å². The van der Waals surface area contributed by atoms with Crippen molar-refractivity contribution in [2.24, 2.45) is 0 Å². The van der Waals surface area contributed by atoms with Gasteiger partial charge in [-0.25, -0.2) is 8.78 Å². The summed E-state index contributed by atoms with van der Waals surface area (Å²) in [5.74, 6) is -0.633. The number of nitrogens with zero attached hydrogens (tertiary/aromatic N) is 1. The van der Waals surface area contributed by atoms with Crippen molar-refractivity contribution < 1.29 is 18.3 Å². The third kappa shape index (κ3) is 3.00. The number of esters is 1. The highest BCUT2D eigenvalue weighted by Crippen LogP contribution is 2.32. The van der Waals surface area contributed by atoms with Gasteiger partial charge in [0, 0.05) is 6.20 Å². The quantitative estimate of drug-likeness (QED) is 0.614. The van der Waals surface area contributed by atoms with Gasteiger partial charge < -0.3 is 4.74 Å². The van der Waals surface area contributed by atoms with Crippen LogP contribution in [-0.2, 0) is 16.0 Å². The summed E-state index contributed by atoms with van der Waals surface area (Å²) < 4.78 is 30.3. The van der Waals surface area contributed by atoms with Crippen LogP contribution in [0.4, 0.5) is 8.78 Å². The minimum Gasteiger partial charge on any atom is -0.469 e. The predicted octanol–water partition coefficient (Wildman–Crippen LogP) is 2.99. The lowest BCUT2D eigenvalue weighted by atomic mass is 10.1. The third-order valence-corrected chi connectivity index (χ3v) is 3.39. The maximum absolute atomic E-state index is 12.7. The van der Waals surface area contributed by atoms with E-state index in [9.17, 15) is 13.6 Å². The Morgan fingerprint density at radius 2 is 2.31 bits per heavy atom. The molecule has 0 amide bonds. The minimum atomic E-state index is -2.77. The maximum atomic E-state index is 12.7. The molecule has 1 rings (SSSR count). The number of carbonyl (C=O) groups is 1. The zero-order valence-corrected chi connectivity index (χ0v) is 11.1. The minimum absolute atomic E-state index is 0.0488. The molecule has 0 saturated heterocycles. The predicted molar refractivity (Wildman–Crippen MR) is 62.6 cm³/mol. The molecule has 0 aromatic carbocycles. The monoisotopic (exact) mass is 361 g/mol. The molecule has 0 aliphatic rings. The summed E-state index contributed by atoms with van der Waals surface area (Å²) in [7, 11) is 1.18. The first-order valence-corrected chi connectivity index (χ1v) is 5.60. The van der Waals surface area contributed by atoms with Crippen LogP contribution in [0.15, 0.2) is 6.20 Å². The number of methoxy groups -OCH3 is 1. The number of aromatic nitrogens is 1. The van der Waals surface area contributed by atoms with Gasteiger partial charge in [-0.2, -0.15) is 0 Å². The van der Waals surface area contributed by atoms with Crippen molar-refractivity contribution in [3.8, 4) is 0 Å². The van der Waals surface area contributed by atoms with E-state index in [0.717, 1.165) is 0 Å². The largest absolute Gasteiger partial charge is 0.469 e. The molecule has 0 unspecified atom stereocenters. The Bertz CT molecular complexity index is 415. The van der Waals surface area contributed by atoms with E-state index < -0.39 is 18.0 Å². The SMILES string of the molecule is COC(=O)Cc1ncc(I)c(Cl)c1C(F)F. The number of carbonyl (C=O) groups excluding carboxylic acids is 1. The Morgan fingerprint density at radius 1 is 1.69 bits per heavy atom. The van der Waals surface area contributed by atoms with E-state index in [1.807, 2.05) is 0 Å². The van der Waals surface area contributed by atoms with E-state index in [2.05, 4.69) is 9.72 Å². The van der Waals surface area contributed by atoms with Gasteiger partial charge in [0.25, 0.3) is 6.43 Å². The van der Waals surface area contributed by atoms with Crippen LogP contribution in [0, 0.1) is 3.57 Å². The Kier molecular flexibility index (Phi) is 4.85. The molecule has 0 fully saturated rings. The summed E-state index contributed by atoms with van der Waals surface area (Å²) in [6.45, 7) is 0. The standard InChI is InChI=1S/C9H7ClF2INO2/c1-16-6(15)2-5-7(9(11)12)8(10)4(13)3-14-5/h3,9H,2H2,1H3. The molecule has 0 N–H and O–H groups in total. The van der Waals surface area contributed by atoms with Crippen LogP contribution in [0.2, 0.25) is 5.02 Å². The van der Waals surface area contributed by atoms with E-state index in [1.54, 1.807) is 22.6 Å². The summed E-state index contributed by atoms with van der Waals surface area (Å²) in [4.78, 5) is 14.8. The summed E-state index contributed by atoms with van der Waals surface area (Å²) >= 11 is 7.54. The molecule has 0 radical (unpaired) electrons. The first-order chi connectivity index (χ1) is 7.47. The maximum Gasteiger partial charge on any atom is 0.311 e. The molecule has 0 bridgehead atoms. The number of halogens is 4. The van der Waals surface area contributed by atoms with Gasteiger partial charge in [-0.1, -0.05) is 11.6 Å². The van der Waals surface area contributed by atoms with Gasteiger partial charge in [0.05, 0.1) is 33.4 Å². The van der Waals surface area contributed by atoms with Gasteiger partial charge in [0.15, 0.2) is 0 Å². The molecule has 0 aliphatic heterocycles. The van der Waals surface area contributed by atoms with Crippen LogP contribution >= 0.6 is 34.2 Å². The number of hydrogen-bond acceptors (Lipinski definition) is 3. The first kappa shape index (κ1) is 13.6. The van der Waals surface area contributed by atoms with Crippen molar-refractivity contribution in [3.63, 3.8) is 0 Å². The molecular formula is C9H7ClF2INO2. The lowest BCUT2D eigenvalue weighted by Crippen LogP contribution is -2.10. The van der Waals surface area contributed by atoms with Crippen LogP contribution in [0.25, 0.3) is 0 Å². The van der Waals surface area contributed by atoms with E-state index in [-0.39, 0.29) is 17.1 Å². The normalized spacial score (nSPS) is 10.6. The highest BCUT2D eigenvalue weighted by atomic mass is 127. The fraction of sp³-hybridized carbons (Fsp3) is 0.333. The van der Waals surface area contributed by atoms with Crippen LogP contribution in [0.1, 0.15) is 17.7 Å². The summed E-state index contributed by atoms with van der Waals surface area (Å²) in [6, 6.07) is 0. The van der Waals surface area contributed by atoms with Crippen molar-refractivity contribution in [1.82, 2.24) is 4.98 Å². The van der Waals surface area contributed by atoms with E-state index in [4.69, 9.17) is 11.6 Å². The number of alkyl halides is 2. The van der Waals surface area contributed by atoms with Crippen molar-refractivity contribution in [2.45, 2.75) is 12.8 Å². The molecule has 7 heteroatoms. The molecule has 1 heterocycles. The summed E-state index contributed by atoms with van der Waals surface area (Å²) in [5, 5.41) is -0.0653. The zero-order valence-electron chi connectivity index (χ0n) is 8.14. The molecule has 16 heavy (non-hydrogen) atoms. The van der Waals surface area contributed by atoms with Gasteiger partial charge >= 0.3 is 5.97 Å². The number of rotatable bonds is 3. The molecule has 1 aromatic rings. The van der Waals surface area contributed by atoms with E-state index >= 15 is 0 Å². The lowest BCUT2D eigenvalue weighted by Gasteiger charge is -2.10. The molecule has 0 spiro atoms. The van der Waals surface area contributed by atoms with Crippen molar-refractivity contribution >= 4 is 40.2 Å². The highest BCUT2D eigenvalue weighted by Gasteiger charge is 2.22. The van der Waals surface area contributed by atoms with Gasteiger partial charge in [0.2, 0.25) is 0 Å². The molecular weight excluding hydrogens is 354 g/mol. The number of hydrogen-bond donors (Lipinski definition) is 0. The molecule has 1 aromatic heterocycles.